The maximum Gasteiger partial charge on any atom is 0.230 e. The van der Waals surface area contributed by atoms with Crippen molar-refractivity contribution in [2.75, 3.05) is 0 Å². The van der Waals surface area contributed by atoms with E-state index in [4.69, 9.17) is 4.74 Å². The highest BCUT2D eigenvalue weighted by Crippen LogP contribution is 2.55. The molecule has 3 heterocycles. The highest BCUT2D eigenvalue weighted by molar-refractivity contribution is 5.91. The Labute approximate surface area is 140 Å². The van der Waals surface area contributed by atoms with Gasteiger partial charge in [0, 0.05) is 18.4 Å². The fourth-order valence-corrected chi connectivity index (χ4v) is 4.43. The first-order chi connectivity index (χ1) is 11.6. The number of aliphatic carboxylic acids is 1. The Morgan fingerprint density at radius 3 is 2.79 bits per heavy atom. The van der Waals surface area contributed by atoms with Crippen molar-refractivity contribution in [3.8, 4) is 0 Å². The van der Waals surface area contributed by atoms with Crippen LogP contribution in [0.1, 0.15) is 12.0 Å². The SMILES string of the molecule is C=CC[C@H]1N(Cc2ccccc2)C(=O)[C@@H]2[C@@H](C(=O)[O-])[C@H]3C=C[C@]21O3. The van der Waals surface area contributed by atoms with Gasteiger partial charge in [-0.2, -0.15) is 0 Å². The maximum absolute atomic E-state index is 13.1. The smallest absolute Gasteiger partial charge is 0.230 e. The molecule has 24 heavy (non-hydrogen) atoms. The molecule has 2 bridgehead atoms. The van der Waals surface area contributed by atoms with Gasteiger partial charge in [-0.25, -0.2) is 0 Å². The van der Waals surface area contributed by atoms with E-state index in [1.165, 1.54) is 0 Å². The molecule has 124 valence electrons. The summed E-state index contributed by atoms with van der Waals surface area (Å²) >= 11 is 0. The lowest BCUT2D eigenvalue weighted by atomic mass is 9.74. The van der Waals surface area contributed by atoms with E-state index < -0.39 is 29.5 Å². The molecule has 0 aliphatic carbocycles. The molecule has 2 fully saturated rings. The topological polar surface area (TPSA) is 69.7 Å². The molecule has 0 radical (unpaired) electrons. The van der Waals surface area contributed by atoms with Gasteiger partial charge < -0.3 is 19.5 Å². The minimum atomic E-state index is -1.22. The van der Waals surface area contributed by atoms with Crippen LogP contribution in [0.25, 0.3) is 0 Å². The van der Waals surface area contributed by atoms with E-state index in [0.717, 1.165) is 5.56 Å². The minimum Gasteiger partial charge on any atom is -0.550 e. The van der Waals surface area contributed by atoms with E-state index in [2.05, 4.69) is 6.58 Å². The van der Waals surface area contributed by atoms with Crippen LogP contribution in [0.3, 0.4) is 0 Å². The van der Waals surface area contributed by atoms with E-state index in [1.54, 1.807) is 17.1 Å². The van der Waals surface area contributed by atoms with Gasteiger partial charge in [0.1, 0.15) is 5.60 Å². The summed E-state index contributed by atoms with van der Waals surface area (Å²) in [6.07, 6.45) is 5.36. The lowest BCUT2D eigenvalue weighted by Crippen LogP contribution is -2.46. The number of nitrogens with zero attached hydrogens (tertiary/aromatic N) is 1. The van der Waals surface area contributed by atoms with E-state index in [0.29, 0.717) is 13.0 Å². The van der Waals surface area contributed by atoms with Gasteiger partial charge >= 0.3 is 0 Å². The molecule has 1 spiro atoms. The van der Waals surface area contributed by atoms with E-state index in [-0.39, 0.29) is 11.9 Å². The number of rotatable bonds is 5. The Hall–Kier alpha value is -2.40. The summed E-state index contributed by atoms with van der Waals surface area (Å²) in [4.78, 5) is 26.4. The largest absolute Gasteiger partial charge is 0.550 e. The third kappa shape index (κ3) is 1.91. The van der Waals surface area contributed by atoms with Crippen molar-refractivity contribution in [1.82, 2.24) is 4.90 Å². The lowest BCUT2D eigenvalue weighted by Gasteiger charge is -2.32. The zero-order chi connectivity index (χ0) is 16.9. The molecule has 5 nitrogen and oxygen atoms in total. The molecule has 0 N–H and O–H groups in total. The Balaban J connectivity index is 1.73. The predicted octanol–water partition coefficient (Wildman–Crippen LogP) is 0.663. The molecule has 2 saturated heterocycles. The Kier molecular flexibility index (Phi) is 3.35. The first-order valence-electron chi connectivity index (χ1n) is 8.12. The number of amides is 1. The van der Waals surface area contributed by atoms with Crippen molar-refractivity contribution in [2.45, 2.75) is 30.7 Å². The van der Waals surface area contributed by atoms with Gasteiger partial charge in [-0.1, -0.05) is 48.6 Å². The molecule has 0 aromatic heterocycles. The Bertz CT molecular complexity index is 728. The van der Waals surface area contributed by atoms with E-state index in [1.807, 2.05) is 36.4 Å². The highest BCUT2D eigenvalue weighted by atomic mass is 16.5. The molecule has 3 aliphatic heterocycles. The second-order valence-corrected chi connectivity index (χ2v) is 6.61. The molecular weight excluding hydrogens is 306 g/mol. The lowest BCUT2D eigenvalue weighted by molar-refractivity contribution is -0.313. The van der Waals surface area contributed by atoms with E-state index in [9.17, 15) is 14.7 Å². The number of carbonyl (C=O) groups is 2. The van der Waals surface area contributed by atoms with Crippen molar-refractivity contribution in [3.63, 3.8) is 0 Å². The van der Waals surface area contributed by atoms with Crippen LogP contribution in [0.2, 0.25) is 0 Å². The maximum atomic E-state index is 13.1. The molecule has 0 unspecified atom stereocenters. The second kappa shape index (κ2) is 5.31. The molecular formula is C19H18NO4-. The number of hydrogen-bond acceptors (Lipinski definition) is 4. The summed E-state index contributed by atoms with van der Waals surface area (Å²) in [6.45, 7) is 4.22. The fraction of sp³-hybridized carbons (Fsp3) is 0.368. The number of carboxylic acid groups (broad SMARTS) is 1. The van der Waals surface area contributed by atoms with Crippen LogP contribution in [-0.4, -0.2) is 34.5 Å². The minimum absolute atomic E-state index is 0.174. The van der Waals surface area contributed by atoms with Gasteiger partial charge in [-0.15, -0.1) is 6.58 Å². The number of carboxylic acids is 1. The molecule has 1 aromatic rings. The van der Waals surface area contributed by atoms with Crippen LogP contribution >= 0.6 is 0 Å². The standard InChI is InChI=1S/C19H19NO4/c1-2-6-14-19-10-9-13(24-19)15(18(22)23)16(19)17(21)20(14)11-12-7-4-3-5-8-12/h2-5,7-10,13-16H,1,6,11H2,(H,22,23)/p-1/t13-,14-,15+,16+,19-/m1/s1. The highest BCUT2D eigenvalue weighted by Gasteiger charge is 2.69. The summed E-state index contributed by atoms with van der Waals surface area (Å²) in [5.74, 6) is -3.03. The average molecular weight is 324 g/mol. The van der Waals surface area contributed by atoms with Gasteiger partial charge in [0.15, 0.2) is 0 Å². The number of hydrogen-bond donors (Lipinski definition) is 0. The van der Waals surface area contributed by atoms with Crippen molar-refractivity contribution in [2.24, 2.45) is 11.8 Å². The van der Waals surface area contributed by atoms with Crippen LogP contribution in [0, 0.1) is 11.8 Å². The van der Waals surface area contributed by atoms with Crippen molar-refractivity contribution in [3.05, 3.63) is 60.7 Å². The van der Waals surface area contributed by atoms with Crippen LogP contribution in [-0.2, 0) is 20.9 Å². The van der Waals surface area contributed by atoms with Crippen LogP contribution in [0.4, 0.5) is 0 Å². The number of likely N-dealkylation sites (tertiary alicyclic amines) is 1. The third-order valence-corrected chi connectivity index (χ3v) is 5.39. The van der Waals surface area contributed by atoms with Crippen molar-refractivity contribution < 1.29 is 19.4 Å². The first kappa shape index (κ1) is 15.1. The molecule has 3 aliphatic rings. The van der Waals surface area contributed by atoms with Gasteiger partial charge in [-0.05, 0) is 12.0 Å². The summed E-state index contributed by atoms with van der Waals surface area (Å²) in [7, 11) is 0. The summed E-state index contributed by atoms with van der Waals surface area (Å²) in [5.41, 5.74) is 0.120. The van der Waals surface area contributed by atoms with Crippen molar-refractivity contribution >= 4 is 11.9 Å². The van der Waals surface area contributed by atoms with E-state index >= 15 is 0 Å². The molecule has 1 aromatic carbocycles. The molecule has 1 amide bonds. The number of benzene rings is 1. The zero-order valence-corrected chi connectivity index (χ0v) is 13.1. The fourth-order valence-electron chi connectivity index (χ4n) is 4.43. The summed E-state index contributed by atoms with van der Waals surface area (Å²) < 4.78 is 6.02. The summed E-state index contributed by atoms with van der Waals surface area (Å²) in [6, 6.07) is 9.41. The van der Waals surface area contributed by atoms with Crippen LogP contribution < -0.4 is 5.11 Å². The van der Waals surface area contributed by atoms with Gasteiger partial charge in [0.2, 0.25) is 5.91 Å². The zero-order valence-electron chi connectivity index (χ0n) is 13.1. The Morgan fingerprint density at radius 2 is 2.12 bits per heavy atom. The molecule has 5 atom stereocenters. The molecule has 0 saturated carbocycles. The van der Waals surface area contributed by atoms with Crippen LogP contribution in [0.15, 0.2) is 55.1 Å². The predicted molar refractivity (Wildman–Crippen MR) is 84.3 cm³/mol. The van der Waals surface area contributed by atoms with Gasteiger partial charge in [0.25, 0.3) is 0 Å². The summed E-state index contributed by atoms with van der Waals surface area (Å²) in [5, 5.41) is 11.6. The van der Waals surface area contributed by atoms with Crippen LogP contribution in [0.5, 0.6) is 0 Å². The normalized spacial score (nSPS) is 36.2. The second-order valence-electron chi connectivity index (χ2n) is 6.61. The average Bonchev–Trinajstić information content (AvgIpc) is 3.20. The van der Waals surface area contributed by atoms with Gasteiger partial charge in [0.05, 0.1) is 18.1 Å². The monoisotopic (exact) mass is 324 g/mol. The molecule has 5 heteroatoms. The van der Waals surface area contributed by atoms with Gasteiger partial charge in [-0.3, -0.25) is 4.79 Å². The Morgan fingerprint density at radius 1 is 1.38 bits per heavy atom. The van der Waals surface area contributed by atoms with Crippen molar-refractivity contribution in [1.29, 1.82) is 0 Å². The first-order valence-corrected chi connectivity index (χ1v) is 8.12. The third-order valence-electron chi connectivity index (χ3n) is 5.39. The number of fused-ring (bicyclic) bond motifs is 1. The molecule has 4 rings (SSSR count). The number of ether oxygens (including phenoxy) is 1. The quantitative estimate of drug-likeness (QED) is 0.746. The number of carbonyl (C=O) groups excluding carboxylic acids is 2.